The van der Waals surface area contributed by atoms with Gasteiger partial charge < -0.3 is 9.52 Å². The van der Waals surface area contributed by atoms with E-state index < -0.39 is 11.9 Å². The lowest BCUT2D eigenvalue weighted by molar-refractivity contribution is -0.140. The lowest BCUT2D eigenvalue weighted by Gasteiger charge is -2.11. The van der Waals surface area contributed by atoms with E-state index in [0.29, 0.717) is 11.1 Å². The van der Waals surface area contributed by atoms with Crippen molar-refractivity contribution in [1.82, 2.24) is 4.98 Å². The molecule has 4 nitrogen and oxygen atoms in total. The molecule has 2 aromatic rings. The van der Waals surface area contributed by atoms with Gasteiger partial charge in [-0.15, -0.1) is 0 Å². The Morgan fingerprint density at radius 1 is 1.41 bits per heavy atom. The maximum Gasteiger partial charge on any atom is 0.316 e. The largest absolute Gasteiger partial charge is 0.481 e. The number of benzene rings is 1. The van der Waals surface area contributed by atoms with Gasteiger partial charge in [0.2, 0.25) is 5.89 Å². The van der Waals surface area contributed by atoms with E-state index in [4.69, 9.17) is 4.42 Å². The molecule has 1 heterocycles. The van der Waals surface area contributed by atoms with Gasteiger partial charge in [0.05, 0.1) is 0 Å². The van der Waals surface area contributed by atoms with Gasteiger partial charge >= 0.3 is 5.97 Å². The molecule has 1 atom stereocenters. The topological polar surface area (TPSA) is 63.3 Å². The first-order chi connectivity index (χ1) is 7.99. The molecule has 0 aliphatic rings. The van der Waals surface area contributed by atoms with Gasteiger partial charge in [0.1, 0.15) is 11.4 Å². The Labute approximate surface area is 99.3 Å². The van der Waals surface area contributed by atoms with Crippen LogP contribution in [-0.4, -0.2) is 16.1 Å². The SMILES string of the molecule is Cc1ccc2nc(C(C(=O)O)C(C)C)oc2c1. The number of aliphatic carboxylic acids is 1. The summed E-state index contributed by atoms with van der Waals surface area (Å²) in [5.74, 6) is -1.36. The molecule has 0 saturated heterocycles. The fraction of sp³-hybridized carbons (Fsp3) is 0.385. The molecule has 0 bridgehead atoms. The smallest absolute Gasteiger partial charge is 0.316 e. The summed E-state index contributed by atoms with van der Waals surface area (Å²) in [6.07, 6.45) is 0. The average molecular weight is 233 g/mol. The molecule has 1 N–H and O–H groups in total. The van der Waals surface area contributed by atoms with Crippen LogP contribution >= 0.6 is 0 Å². The Balaban J connectivity index is 2.51. The third-order valence-corrected chi connectivity index (χ3v) is 2.76. The molecular weight excluding hydrogens is 218 g/mol. The molecule has 17 heavy (non-hydrogen) atoms. The number of carbonyl (C=O) groups is 1. The highest BCUT2D eigenvalue weighted by Crippen LogP contribution is 2.27. The number of carboxylic acid groups (broad SMARTS) is 1. The predicted octanol–water partition coefficient (Wildman–Crippen LogP) is 2.96. The highest BCUT2D eigenvalue weighted by molar-refractivity contribution is 5.78. The third-order valence-electron chi connectivity index (χ3n) is 2.76. The first-order valence-corrected chi connectivity index (χ1v) is 5.59. The molecule has 0 aliphatic carbocycles. The second kappa shape index (κ2) is 4.20. The van der Waals surface area contributed by atoms with Gasteiger partial charge in [-0.05, 0) is 30.5 Å². The van der Waals surface area contributed by atoms with Gasteiger partial charge in [-0.1, -0.05) is 19.9 Å². The van der Waals surface area contributed by atoms with E-state index in [1.54, 1.807) is 0 Å². The number of carboxylic acids is 1. The summed E-state index contributed by atoms with van der Waals surface area (Å²) in [5.41, 5.74) is 2.42. The number of hydrogen-bond acceptors (Lipinski definition) is 3. The Morgan fingerprint density at radius 3 is 2.71 bits per heavy atom. The second-order valence-electron chi connectivity index (χ2n) is 4.58. The van der Waals surface area contributed by atoms with Crippen molar-refractivity contribution in [1.29, 1.82) is 0 Å². The van der Waals surface area contributed by atoms with E-state index in [0.717, 1.165) is 5.56 Å². The molecular formula is C13H15NO3. The monoisotopic (exact) mass is 233 g/mol. The van der Waals surface area contributed by atoms with Crippen LogP contribution in [0.25, 0.3) is 11.1 Å². The molecule has 0 aliphatic heterocycles. The minimum atomic E-state index is -0.900. The zero-order valence-corrected chi connectivity index (χ0v) is 10.1. The van der Waals surface area contributed by atoms with Crippen LogP contribution in [0.1, 0.15) is 31.2 Å². The van der Waals surface area contributed by atoms with Crippen LogP contribution in [0.4, 0.5) is 0 Å². The van der Waals surface area contributed by atoms with Crippen molar-refractivity contribution >= 4 is 17.1 Å². The summed E-state index contributed by atoms with van der Waals surface area (Å²) in [5, 5.41) is 9.18. The molecule has 1 unspecified atom stereocenters. The maximum absolute atomic E-state index is 11.2. The number of rotatable bonds is 3. The van der Waals surface area contributed by atoms with Gasteiger partial charge in [0, 0.05) is 0 Å². The summed E-state index contributed by atoms with van der Waals surface area (Å²) in [4.78, 5) is 15.4. The van der Waals surface area contributed by atoms with Gasteiger partial charge in [0.15, 0.2) is 5.58 Å². The van der Waals surface area contributed by atoms with Crippen LogP contribution in [0.2, 0.25) is 0 Å². The predicted molar refractivity (Wildman–Crippen MR) is 64.0 cm³/mol. The average Bonchev–Trinajstić information content (AvgIpc) is 2.58. The van der Waals surface area contributed by atoms with Gasteiger partial charge in [-0.3, -0.25) is 4.79 Å². The molecule has 0 saturated carbocycles. The highest BCUT2D eigenvalue weighted by Gasteiger charge is 2.28. The van der Waals surface area contributed by atoms with Crippen LogP contribution in [0.3, 0.4) is 0 Å². The minimum Gasteiger partial charge on any atom is -0.481 e. The lowest BCUT2D eigenvalue weighted by atomic mass is 9.96. The van der Waals surface area contributed by atoms with Crippen LogP contribution < -0.4 is 0 Å². The van der Waals surface area contributed by atoms with Gasteiger partial charge in [-0.2, -0.15) is 0 Å². The lowest BCUT2D eigenvalue weighted by Crippen LogP contribution is -2.17. The number of fused-ring (bicyclic) bond motifs is 1. The van der Waals surface area contributed by atoms with Crippen molar-refractivity contribution in [2.24, 2.45) is 5.92 Å². The quantitative estimate of drug-likeness (QED) is 0.885. The molecule has 0 radical (unpaired) electrons. The van der Waals surface area contributed by atoms with E-state index >= 15 is 0 Å². The summed E-state index contributed by atoms with van der Waals surface area (Å²) >= 11 is 0. The molecule has 1 aromatic heterocycles. The summed E-state index contributed by atoms with van der Waals surface area (Å²) in [7, 11) is 0. The Morgan fingerprint density at radius 2 is 2.12 bits per heavy atom. The molecule has 2 rings (SSSR count). The van der Waals surface area contributed by atoms with Crippen molar-refractivity contribution in [3.05, 3.63) is 29.7 Å². The van der Waals surface area contributed by atoms with Crippen molar-refractivity contribution < 1.29 is 14.3 Å². The van der Waals surface area contributed by atoms with Crippen LogP contribution in [0, 0.1) is 12.8 Å². The van der Waals surface area contributed by atoms with Crippen molar-refractivity contribution in [2.75, 3.05) is 0 Å². The number of aryl methyl sites for hydroxylation is 1. The Bertz CT molecular complexity index is 557. The van der Waals surface area contributed by atoms with Crippen molar-refractivity contribution in [3.63, 3.8) is 0 Å². The van der Waals surface area contributed by atoms with E-state index in [1.165, 1.54) is 0 Å². The molecule has 0 fully saturated rings. The minimum absolute atomic E-state index is 0.0540. The van der Waals surface area contributed by atoms with Crippen molar-refractivity contribution in [3.8, 4) is 0 Å². The third kappa shape index (κ3) is 2.16. The summed E-state index contributed by atoms with van der Waals surface area (Å²) in [6, 6.07) is 5.64. The number of aromatic nitrogens is 1. The van der Waals surface area contributed by atoms with E-state index in [9.17, 15) is 9.90 Å². The second-order valence-corrected chi connectivity index (χ2v) is 4.58. The Kier molecular flexibility index (Phi) is 2.88. The maximum atomic E-state index is 11.2. The summed E-state index contributed by atoms with van der Waals surface area (Å²) in [6.45, 7) is 5.65. The van der Waals surface area contributed by atoms with Gasteiger partial charge in [0.25, 0.3) is 0 Å². The highest BCUT2D eigenvalue weighted by atomic mass is 16.4. The molecule has 4 heteroatoms. The first-order valence-electron chi connectivity index (χ1n) is 5.59. The fourth-order valence-corrected chi connectivity index (χ4v) is 1.86. The van der Waals surface area contributed by atoms with Crippen LogP contribution in [-0.2, 0) is 4.79 Å². The molecule has 0 spiro atoms. The van der Waals surface area contributed by atoms with E-state index in [2.05, 4.69) is 4.98 Å². The fourth-order valence-electron chi connectivity index (χ4n) is 1.86. The van der Waals surface area contributed by atoms with E-state index in [-0.39, 0.29) is 11.8 Å². The first kappa shape index (κ1) is 11.6. The zero-order valence-electron chi connectivity index (χ0n) is 10.1. The number of nitrogens with zero attached hydrogens (tertiary/aromatic N) is 1. The molecule has 90 valence electrons. The zero-order chi connectivity index (χ0) is 12.6. The normalized spacial score (nSPS) is 13.2. The molecule has 1 aromatic carbocycles. The van der Waals surface area contributed by atoms with Crippen LogP contribution in [0.5, 0.6) is 0 Å². The standard InChI is InChI=1S/C13H15NO3/c1-7(2)11(13(15)16)12-14-9-5-4-8(3)6-10(9)17-12/h4-7,11H,1-3H3,(H,15,16). The number of hydrogen-bond donors (Lipinski definition) is 1. The van der Waals surface area contributed by atoms with Gasteiger partial charge in [-0.25, -0.2) is 4.98 Å². The van der Waals surface area contributed by atoms with E-state index in [1.807, 2.05) is 39.0 Å². The Hall–Kier alpha value is -1.84. The summed E-state index contributed by atoms with van der Waals surface area (Å²) < 4.78 is 5.54. The molecule has 0 amide bonds. The van der Waals surface area contributed by atoms with Crippen LogP contribution in [0.15, 0.2) is 22.6 Å². The number of oxazole rings is 1. The van der Waals surface area contributed by atoms with Crippen molar-refractivity contribution in [2.45, 2.75) is 26.7 Å².